The van der Waals surface area contributed by atoms with E-state index in [0.717, 1.165) is 26.2 Å². The van der Waals surface area contributed by atoms with Crippen LogP contribution in [-0.4, -0.2) is 74.5 Å². The summed E-state index contributed by atoms with van der Waals surface area (Å²) in [6.07, 6.45) is -4.23. The van der Waals surface area contributed by atoms with Gasteiger partial charge in [0.25, 0.3) is 0 Å². The summed E-state index contributed by atoms with van der Waals surface area (Å²) in [5, 5.41) is 0. The van der Waals surface area contributed by atoms with E-state index in [4.69, 9.17) is 5.73 Å². The van der Waals surface area contributed by atoms with Crippen molar-refractivity contribution in [2.45, 2.75) is 19.1 Å². The predicted molar refractivity (Wildman–Crippen MR) is 63.4 cm³/mol. The van der Waals surface area contributed by atoms with Crippen molar-refractivity contribution < 1.29 is 17.9 Å². The van der Waals surface area contributed by atoms with Gasteiger partial charge in [-0.15, -0.1) is 0 Å². The van der Waals surface area contributed by atoms with Gasteiger partial charge in [0.15, 0.2) is 0 Å². The molecular weight excluding hydrogens is 247 g/mol. The summed E-state index contributed by atoms with van der Waals surface area (Å²) in [4.78, 5) is 4.42. The summed E-state index contributed by atoms with van der Waals surface area (Å²) in [7, 11) is 0. The lowest BCUT2D eigenvalue weighted by molar-refractivity contribution is -0.174. The van der Waals surface area contributed by atoms with E-state index in [2.05, 4.69) is 21.5 Å². The molecule has 0 amide bonds. The van der Waals surface area contributed by atoms with E-state index >= 15 is 0 Å². The van der Waals surface area contributed by atoms with E-state index in [1.807, 2.05) is 0 Å². The molecule has 1 saturated heterocycles. The summed E-state index contributed by atoms with van der Waals surface area (Å²) >= 11 is 0. The van der Waals surface area contributed by atoms with Gasteiger partial charge in [0, 0.05) is 45.3 Å². The maximum absolute atomic E-state index is 11.8. The van der Waals surface area contributed by atoms with Crippen molar-refractivity contribution >= 4 is 0 Å². The molecule has 1 atom stereocenters. The number of nitrogens with zero attached hydrogens (tertiary/aromatic N) is 2. The highest BCUT2D eigenvalue weighted by Crippen LogP contribution is 2.14. The van der Waals surface area contributed by atoms with E-state index in [1.54, 1.807) is 0 Å². The highest BCUT2D eigenvalue weighted by atomic mass is 19.4. The topological polar surface area (TPSA) is 41.7 Å². The fourth-order valence-corrected chi connectivity index (χ4v) is 1.96. The van der Waals surface area contributed by atoms with Crippen LogP contribution in [0.3, 0.4) is 0 Å². The number of hydrogen-bond acceptors (Lipinski definition) is 4. The van der Waals surface area contributed by atoms with E-state index < -0.39 is 12.8 Å². The molecule has 7 heteroatoms. The van der Waals surface area contributed by atoms with Crippen LogP contribution < -0.4 is 5.73 Å². The zero-order valence-electron chi connectivity index (χ0n) is 10.7. The van der Waals surface area contributed by atoms with Gasteiger partial charge in [0.05, 0.1) is 6.61 Å². The van der Waals surface area contributed by atoms with E-state index in [0.29, 0.717) is 19.1 Å². The van der Waals surface area contributed by atoms with Crippen molar-refractivity contribution in [2.24, 2.45) is 5.73 Å². The summed E-state index contributed by atoms with van der Waals surface area (Å²) in [5.74, 6) is 0. The quantitative estimate of drug-likeness (QED) is 0.714. The molecule has 108 valence electrons. The second-order valence-corrected chi connectivity index (χ2v) is 4.63. The smallest absolute Gasteiger partial charge is 0.371 e. The van der Waals surface area contributed by atoms with Gasteiger partial charge in [-0.3, -0.25) is 9.80 Å². The zero-order chi connectivity index (χ0) is 13.6. The van der Waals surface area contributed by atoms with Gasteiger partial charge in [0.1, 0.15) is 6.61 Å². The molecule has 1 unspecified atom stereocenters. The average Bonchev–Trinajstić information content (AvgIpc) is 2.33. The molecule has 4 nitrogen and oxygen atoms in total. The van der Waals surface area contributed by atoms with Crippen molar-refractivity contribution in [1.82, 2.24) is 9.80 Å². The maximum Gasteiger partial charge on any atom is 0.411 e. The standard InChI is InChI=1S/C11H22F3N3O/c1-10(8-15)17-4-2-16(3-5-17)6-7-18-9-11(12,13)14/h10H,2-9,15H2,1H3. The average molecular weight is 269 g/mol. The number of nitrogens with two attached hydrogens (primary N) is 1. The Bertz CT molecular complexity index is 230. The van der Waals surface area contributed by atoms with E-state index in [1.165, 1.54) is 0 Å². The summed E-state index contributed by atoms with van der Waals surface area (Å²) in [6, 6.07) is 0.369. The minimum absolute atomic E-state index is 0.131. The van der Waals surface area contributed by atoms with Crippen molar-refractivity contribution in [3.8, 4) is 0 Å². The summed E-state index contributed by atoms with van der Waals surface area (Å²) in [6.45, 7) is 5.80. The van der Waals surface area contributed by atoms with Gasteiger partial charge < -0.3 is 10.5 Å². The summed E-state index contributed by atoms with van der Waals surface area (Å²) < 4.78 is 40.1. The van der Waals surface area contributed by atoms with Crippen molar-refractivity contribution in [2.75, 3.05) is 52.5 Å². The minimum atomic E-state index is -4.23. The Kier molecular flexibility index (Phi) is 6.34. The first-order valence-electron chi connectivity index (χ1n) is 6.23. The zero-order valence-corrected chi connectivity index (χ0v) is 10.7. The third kappa shape index (κ3) is 5.99. The van der Waals surface area contributed by atoms with E-state index in [-0.39, 0.29) is 6.61 Å². The molecule has 1 rings (SSSR count). The Balaban J connectivity index is 2.09. The molecule has 0 aromatic rings. The van der Waals surface area contributed by atoms with Crippen molar-refractivity contribution in [3.05, 3.63) is 0 Å². The van der Waals surface area contributed by atoms with Crippen LogP contribution in [0, 0.1) is 0 Å². The third-order valence-corrected chi connectivity index (χ3v) is 3.19. The molecule has 1 heterocycles. The monoisotopic (exact) mass is 269 g/mol. The fourth-order valence-electron chi connectivity index (χ4n) is 1.96. The lowest BCUT2D eigenvalue weighted by atomic mass is 10.2. The predicted octanol–water partition coefficient (Wildman–Crippen LogP) is 0.530. The number of alkyl halides is 3. The maximum atomic E-state index is 11.8. The highest BCUT2D eigenvalue weighted by Gasteiger charge is 2.27. The minimum Gasteiger partial charge on any atom is -0.371 e. The van der Waals surface area contributed by atoms with Crippen LogP contribution in [0.25, 0.3) is 0 Å². The van der Waals surface area contributed by atoms with Crippen molar-refractivity contribution in [3.63, 3.8) is 0 Å². The second kappa shape index (κ2) is 7.28. The lowest BCUT2D eigenvalue weighted by Gasteiger charge is -2.37. The van der Waals surface area contributed by atoms with Crippen LogP contribution in [0.15, 0.2) is 0 Å². The normalized spacial score (nSPS) is 21.2. The van der Waals surface area contributed by atoms with Crippen LogP contribution in [0.5, 0.6) is 0 Å². The molecule has 0 radical (unpaired) electrons. The molecule has 0 aliphatic carbocycles. The van der Waals surface area contributed by atoms with Gasteiger partial charge in [-0.2, -0.15) is 13.2 Å². The lowest BCUT2D eigenvalue weighted by Crippen LogP contribution is -2.51. The molecule has 1 aliphatic rings. The first-order chi connectivity index (χ1) is 8.42. The molecule has 18 heavy (non-hydrogen) atoms. The Morgan fingerprint density at radius 3 is 2.33 bits per heavy atom. The van der Waals surface area contributed by atoms with Crippen LogP contribution >= 0.6 is 0 Å². The first kappa shape index (κ1) is 15.7. The molecule has 0 bridgehead atoms. The van der Waals surface area contributed by atoms with E-state index in [9.17, 15) is 13.2 Å². The Hall–Kier alpha value is -0.370. The first-order valence-corrected chi connectivity index (χ1v) is 6.23. The number of ether oxygens (including phenoxy) is 1. The van der Waals surface area contributed by atoms with Gasteiger partial charge >= 0.3 is 6.18 Å². The van der Waals surface area contributed by atoms with Crippen molar-refractivity contribution in [1.29, 1.82) is 0 Å². The van der Waals surface area contributed by atoms with Gasteiger partial charge in [-0.05, 0) is 6.92 Å². The van der Waals surface area contributed by atoms with Crippen LogP contribution in [-0.2, 0) is 4.74 Å². The van der Waals surface area contributed by atoms with Crippen LogP contribution in [0.2, 0.25) is 0 Å². The van der Waals surface area contributed by atoms with Crippen LogP contribution in [0.1, 0.15) is 6.92 Å². The van der Waals surface area contributed by atoms with Gasteiger partial charge in [-0.25, -0.2) is 0 Å². The Morgan fingerprint density at radius 1 is 1.22 bits per heavy atom. The molecule has 0 saturated carbocycles. The Labute approximate surface area is 106 Å². The second-order valence-electron chi connectivity index (χ2n) is 4.63. The van der Waals surface area contributed by atoms with Crippen LogP contribution in [0.4, 0.5) is 13.2 Å². The third-order valence-electron chi connectivity index (χ3n) is 3.19. The molecule has 0 aromatic heterocycles. The molecule has 0 spiro atoms. The largest absolute Gasteiger partial charge is 0.411 e. The summed E-state index contributed by atoms with van der Waals surface area (Å²) in [5.41, 5.74) is 5.59. The molecule has 1 fully saturated rings. The van der Waals surface area contributed by atoms with Gasteiger partial charge in [-0.1, -0.05) is 0 Å². The number of hydrogen-bond donors (Lipinski definition) is 1. The Morgan fingerprint density at radius 2 is 1.83 bits per heavy atom. The molecule has 2 N–H and O–H groups in total. The fraction of sp³-hybridized carbons (Fsp3) is 1.00. The molecular formula is C11H22F3N3O. The number of rotatable bonds is 6. The molecule has 1 aliphatic heterocycles. The number of halogens is 3. The number of piperazine rings is 1. The SMILES string of the molecule is CC(CN)N1CCN(CCOCC(F)(F)F)CC1. The molecule has 0 aromatic carbocycles. The van der Waals surface area contributed by atoms with Gasteiger partial charge in [0.2, 0.25) is 0 Å². The highest BCUT2D eigenvalue weighted by molar-refractivity contribution is 4.76.